The fourth-order valence-corrected chi connectivity index (χ4v) is 9.64. The molecular formula is C49H76N8O11. The number of piperidine rings is 1. The zero-order valence-corrected chi connectivity index (χ0v) is 41.5. The fraction of sp³-hybridized carbons (Fsp3) is 0.694. The van der Waals surface area contributed by atoms with E-state index in [1.807, 2.05) is 41.5 Å². The summed E-state index contributed by atoms with van der Waals surface area (Å²) in [5.41, 5.74) is 6.04. The Labute approximate surface area is 400 Å². The van der Waals surface area contributed by atoms with Crippen LogP contribution >= 0.6 is 0 Å². The Hall–Kier alpha value is -5.59. The Bertz CT molecular complexity index is 2010. The number of Topliss-reactive ketones (excluding diaryl/α,β-unsaturated/α-hetero) is 1. The van der Waals surface area contributed by atoms with Gasteiger partial charge in [-0.15, -0.1) is 0 Å². The third kappa shape index (κ3) is 13.3. The number of benzene rings is 1. The fourth-order valence-electron chi connectivity index (χ4n) is 9.64. The number of likely N-dealkylation sites (tertiary alicyclic amines) is 1. The highest BCUT2D eigenvalue weighted by atomic mass is 16.3. The average molecular weight is 953 g/mol. The van der Waals surface area contributed by atoms with Gasteiger partial charge in [-0.1, -0.05) is 87.3 Å². The summed E-state index contributed by atoms with van der Waals surface area (Å²) in [7, 11) is 1.41. The van der Waals surface area contributed by atoms with Gasteiger partial charge in [0, 0.05) is 32.9 Å². The standard InChI is InChI=1S/C49H76N8O11/c1-11-27(7)40-43(62)39-29(9)24-56(47(66)32(17-19-36(50)59)51-37(60)22-26(5)6)42(39)46(65)53-34(21-25(3)4)44(63)52-33-18-20-38(61)57(48(33)67)41(28(8)12-2)49(68)55(10)35(45(64)54-40)23-30-13-15-31(58)16-14-30/h13-16,25-29,32-35,38-42,58,61H,11-12,17-24H2,1-10H3,(H2,50,59)(H,51,60)(H,52,63)(H,53,65)(H,54,64)/t27?,28?,29?,32-,33?,34-,35-,38?,39?,40-,41-,42?/m0/s1. The van der Waals surface area contributed by atoms with Crippen molar-refractivity contribution in [2.75, 3.05) is 13.6 Å². The van der Waals surface area contributed by atoms with Crippen molar-refractivity contribution in [3.05, 3.63) is 29.8 Å². The van der Waals surface area contributed by atoms with Crippen molar-refractivity contribution in [2.45, 2.75) is 169 Å². The first kappa shape index (κ1) is 55.0. The van der Waals surface area contributed by atoms with Crippen LogP contribution in [0.25, 0.3) is 0 Å². The van der Waals surface area contributed by atoms with E-state index in [0.717, 1.165) is 4.90 Å². The molecule has 3 aliphatic rings. The summed E-state index contributed by atoms with van der Waals surface area (Å²) in [4.78, 5) is 133. The molecule has 8 N–H and O–H groups in total. The van der Waals surface area contributed by atoms with Gasteiger partial charge in [0.2, 0.25) is 47.3 Å². The molecule has 4 rings (SSSR count). The number of nitrogens with zero attached hydrogens (tertiary/aromatic N) is 3. The van der Waals surface area contributed by atoms with E-state index in [1.165, 1.54) is 29.0 Å². The van der Waals surface area contributed by atoms with Gasteiger partial charge in [0.05, 0.1) is 12.0 Å². The molecule has 2 bridgehead atoms. The van der Waals surface area contributed by atoms with Gasteiger partial charge in [-0.25, -0.2) is 0 Å². The minimum Gasteiger partial charge on any atom is -0.508 e. The van der Waals surface area contributed by atoms with Crippen LogP contribution in [0, 0.1) is 35.5 Å². The van der Waals surface area contributed by atoms with Gasteiger partial charge in [0.25, 0.3) is 0 Å². The maximum atomic E-state index is 15.4. The minimum absolute atomic E-state index is 0.00105. The second-order valence-electron chi connectivity index (χ2n) is 20.2. The first-order valence-electron chi connectivity index (χ1n) is 24.3. The Morgan fingerprint density at radius 2 is 1.47 bits per heavy atom. The van der Waals surface area contributed by atoms with E-state index in [-0.39, 0.29) is 69.1 Å². The van der Waals surface area contributed by atoms with E-state index in [4.69, 9.17) is 5.73 Å². The van der Waals surface area contributed by atoms with Crippen LogP contribution in [0.3, 0.4) is 0 Å². The maximum Gasteiger partial charge on any atom is 0.247 e. The molecule has 1 aromatic carbocycles. The van der Waals surface area contributed by atoms with Crippen molar-refractivity contribution in [3.63, 3.8) is 0 Å². The number of rotatable bonds is 15. The number of aliphatic hydroxyl groups is 1. The molecule has 68 heavy (non-hydrogen) atoms. The van der Waals surface area contributed by atoms with Crippen LogP contribution < -0.4 is 27.0 Å². The Morgan fingerprint density at radius 1 is 0.838 bits per heavy atom. The number of fused-ring (bicyclic) bond motifs is 3. The lowest BCUT2D eigenvalue weighted by molar-refractivity contribution is -0.168. The topological polar surface area (TPSA) is 278 Å². The largest absolute Gasteiger partial charge is 0.508 e. The lowest BCUT2D eigenvalue weighted by Crippen LogP contribution is -2.66. The van der Waals surface area contributed by atoms with Crippen molar-refractivity contribution in [2.24, 2.45) is 41.2 Å². The van der Waals surface area contributed by atoms with Crippen LogP contribution in [0.2, 0.25) is 0 Å². The molecular weight excluding hydrogens is 877 g/mol. The average Bonchev–Trinajstić information content (AvgIpc) is 3.63. The summed E-state index contributed by atoms with van der Waals surface area (Å²) in [6.07, 6.45) is -1.15. The molecule has 0 radical (unpaired) electrons. The quantitative estimate of drug-likeness (QED) is 0.132. The number of phenols is 1. The molecule has 0 aliphatic carbocycles. The van der Waals surface area contributed by atoms with E-state index in [0.29, 0.717) is 18.4 Å². The number of nitrogens with one attached hydrogen (secondary N) is 4. The molecule has 378 valence electrons. The van der Waals surface area contributed by atoms with Crippen LogP contribution in [0.15, 0.2) is 24.3 Å². The van der Waals surface area contributed by atoms with E-state index in [1.54, 1.807) is 32.9 Å². The monoisotopic (exact) mass is 953 g/mol. The highest BCUT2D eigenvalue weighted by molar-refractivity contribution is 6.02. The highest BCUT2D eigenvalue weighted by Gasteiger charge is 2.54. The summed E-state index contributed by atoms with van der Waals surface area (Å²) >= 11 is 0. The van der Waals surface area contributed by atoms with Gasteiger partial charge in [-0.2, -0.15) is 0 Å². The summed E-state index contributed by atoms with van der Waals surface area (Å²) < 4.78 is 0. The molecule has 3 fully saturated rings. The number of carbonyl (C=O) groups is 9. The van der Waals surface area contributed by atoms with Gasteiger partial charge in [0.1, 0.15) is 48.2 Å². The normalized spacial score (nSPS) is 28.0. The van der Waals surface area contributed by atoms with Crippen LogP contribution in [0.1, 0.15) is 119 Å². The SMILES string of the molecule is CCC(C)[C@@H]1NC(=O)[C@H](Cc2ccc(O)cc2)N(C)C(=O)[C@H](C(C)CC)N2C(=O)C(CCC2O)NC(=O)[C@H](CC(C)C)NC(=O)C2C(C1=O)C(C)CN2C(=O)[C@H](CCC(N)=O)NC(=O)CC(C)C. The number of aromatic hydroxyl groups is 1. The van der Waals surface area contributed by atoms with Gasteiger partial charge in [-0.3, -0.25) is 43.2 Å². The van der Waals surface area contributed by atoms with Crippen molar-refractivity contribution in [1.82, 2.24) is 36.0 Å². The number of carbonyl (C=O) groups excluding carboxylic acids is 9. The zero-order chi connectivity index (χ0) is 50.9. The van der Waals surface area contributed by atoms with E-state index < -0.39 is 125 Å². The predicted octanol–water partition coefficient (Wildman–Crippen LogP) is 1.51. The number of amides is 8. The number of aliphatic hydroxyl groups excluding tert-OH is 1. The molecule has 0 aromatic heterocycles. The van der Waals surface area contributed by atoms with E-state index >= 15 is 14.4 Å². The lowest BCUT2D eigenvalue weighted by atomic mass is 9.80. The first-order valence-corrected chi connectivity index (χ1v) is 24.3. The molecule has 19 heteroatoms. The van der Waals surface area contributed by atoms with Crippen LogP contribution in [-0.4, -0.2) is 140 Å². The van der Waals surface area contributed by atoms with Gasteiger partial charge in [0.15, 0.2) is 5.78 Å². The minimum atomic E-state index is -1.58. The zero-order valence-electron chi connectivity index (χ0n) is 41.5. The van der Waals surface area contributed by atoms with Gasteiger partial charge < -0.3 is 51.9 Å². The van der Waals surface area contributed by atoms with Gasteiger partial charge >= 0.3 is 0 Å². The number of hydrogen-bond donors (Lipinski definition) is 7. The molecule has 7 unspecified atom stereocenters. The Morgan fingerprint density at radius 3 is 2.04 bits per heavy atom. The van der Waals surface area contributed by atoms with E-state index in [9.17, 15) is 39.0 Å². The van der Waals surface area contributed by atoms with Crippen LogP contribution in [-0.2, 0) is 49.6 Å². The van der Waals surface area contributed by atoms with Crippen LogP contribution in [0.5, 0.6) is 5.75 Å². The molecule has 3 saturated heterocycles. The molecule has 8 amide bonds. The molecule has 0 saturated carbocycles. The summed E-state index contributed by atoms with van der Waals surface area (Å²) in [6.45, 7) is 16.0. The lowest BCUT2D eigenvalue weighted by Gasteiger charge is -2.45. The predicted molar refractivity (Wildman–Crippen MR) is 251 cm³/mol. The van der Waals surface area contributed by atoms with Crippen molar-refractivity contribution in [3.8, 4) is 5.75 Å². The Kier molecular flexibility index (Phi) is 19.5. The van der Waals surface area contributed by atoms with Gasteiger partial charge in [-0.05, 0) is 73.0 Å². The summed E-state index contributed by atoms with van der Waals surface area (Å²) in [6, 6.07) is -3.27. The number of nitrogens with two attached hydrogens (primary N) is 1. The summed E-state index contributed by atoms with van der Waals surface area (Å²) in [5, 5.41) is 32.8. The molecule has 19 nitrogen and oxygen atoms in total. The second kappa shape index (κ2) is 24.1. The number of likely N-dealkylation sites (N-methyl/N-ethyl adjacent to an activating group) is 1. The third-order valence-electron chi connectivity index (χ3n) is 13.8. The van der Waals surface area contributed by atoms with Crippen molar-refractivity contribution < 1.29 is 53.4 Å². The first-order chi connectivity index (χ1) is 31.9. The van der Waals surface area contributed by atoms with E-state index in [2.05, 4.69) is 21.3 Å². The van der Waals surface area contributed by atoms with Crippen molar-refractivity contribution in [1.29, 1.82) is 0 Å². The molecule has 3 aliphatic heterocycles. The highest BCUT2D eigenvalue weighted by Crippen LogP contribution is 2.35. The molecule has 3 heterocycles. The number of primary amides is 1. The number of hydrogen-bond acceptors (Lipinski definition) is 11. The maximum absolute atomic E-state index is 15.4. The second-order valence-corrected chi connectivity index (χ2v) is 20.2. The Balaban J connectivity index is 1.96. The smallest absolute Gasteiger partial charge is 0.247 e. The van der Waals surface area contributed by atoms with Crippen LogP contribution in [0.4, 0.5) is 0 Å². The number of ketones is 1. The van der Waals surface area contributed by atoms with Crippen molar-refractivity contribution >= 4 is 53.0 Å². The third-order valence-corrected chi connectivity index (χ3v) is 13.8. The number of phenolic OH excluding ortho intramolecular Hbond substituents is 1. The molecule has 1 aromatic rings. The molecule has 12 atom stereocenters. The summed E-state index contributed by atoms with van der Waals surface area (Å²) in [5.74, 6) is -9.69. The molecule has 0 spiro atoms.